The molecule has 29 heavy (non-hydrogen) atoms. The van der Waals surface area contributed by atoms with Crippen LogP contribution in [0.5, 0.6) is 0 Å². The lowest BCUT2D eigenvalue weighted by Gasteiger charge is -2.24. The van der Waals surface area contributed by atoms with Crippen LogP contribution in [0, 0.1) is 27.7 Å². The summed E-state index contributed by atoms with van der Waals surface area (Å²) in [5, 5.41) is 3.02. The number of hydrogen-bond acceptors (Lipinski definition) is 3. The molecular formula is C23H32N2O3S. The van der Waals surface area contributed by atoms with Crippen LogP contribution >= 0.6 is 0 Å². The zero-order chi connectivity index (χ0) is 21.8. The van der Waals surface area contributed by atoms with Gasteiger partial charge in [-0.1, -0.05) is 35.9 Å². The maximum Gasteiger partial charge on any atom is 0.232 e. The third-order valence-electron chi connectivity index (χ3n) is 5.07. The van der Waals surface area contributed by atoms with Gasteiger partial charge in [-0.05, 0) is 69.4 Å². The first kappa shape index (κ1) is 22.9. The Bertz CT molecular complexity index is 984. The summed E-state index contributed by atoms with van der Waals surface area (Å²) in [6.07, 6.45) is 1.93. The maximum atomic E-state index is 12.4. The zero-order valence-electron chi connectivity index (χ0n) is 18.2. The van der Waals surface area contributed by atoms with Crippen molar-refractivity contribution in [2.75, 3.05) is 17.1 Å². The number of carbonyl (C=O) groups is 1. The number of nitrogens with zero attached hydrogens (tertiary/aromatic N) is 1. The van der Waals surface area contributed by atoms with E-state index in [2.05, 4.69) is 11.4 Å². The average Bonchev–Trinajstić information content (AvgIpc) is 2.60. The molecule has 0 saturated heterocycles. The van der Waals surface area contributed by atoms with Crippen LogP contribution in [0.4, 0.5) is 5.69 Å². The number of aryl methyl sites for hydroxylation is 4. The highest BCUT2D eigenvalue weighted by atomic mass is 32.2. The van der Waals surface area contributed by atoms with Crippen molar-refractivity contribution in [3.63, 3.8) is 0 Å². The molecule has 0 heterocycles. The molecule has 2 aromatic rings. The van der Waals surface area contributed by atoms with Crippen LogP contribution in [-0.4, -0.2) is 27.1 Å². The lowest BCUT2D eigenvalue weighted by molar-refractivity contribution is -0.121. The van der Waals surface area contributed by atoms with E-state index >= 15 is 0 Å². The summed E-state index contributed by atoms with van der Waals surface area (Å²) in [7, 11) is -3.43. The molecule has 0 saturated carbocycles. The second-order valence-electron chi connectivity index (χ2n) is 7.88. The second-order valence-corrected chi connectivity index (χ2v) is 9.78. The molecule has 0 aromatic heterocycles. The van der Waals surface area contributed by atoms with Gasteiger partial charge in [-0.2, -0.15) is 0 Å². The standard InChI is InChI=1S/C23H32N2O3S/c1-16-10-12-21(19(4)14-16)20(5)24-23(26)8-7-13-25(29(6,27)28)22-15-17(2)9-11-18(22)3/h9-12,14-15,20H,7-8,13H2,1-6H3,(H,24,26)/t20-/m0/s1. The largest absolute Gasteiger partial charge is 0.350 e. The summed E-state index contributed by atoms with van der Waals surface area (Å²) in [4.78, 5) is 12.4. The fourth-order valence-corrected chi connectivity index (χ4v) is 4.55. The molecule has 0 fully saturated rings. The van der Waals surface area contributed by atoms with Crippen LogP contribution in [0.15, 0.2) is 36.4 Å². The molecule has 0 aliphatic carbocycles. The van der Waals surface area contributed by atoms with Gasteiger partial charge < -0.3 is 5.32 Å². The summed E-state index contributed by atoms with van der Waals surface area (Å²) < 4.78 is 26.0. The molecule has 0 aliphatic rings. The van der Waals surface area contributed by atoms with Crippen LogP contribution in [0.25, 0.3) is 0 Å². The van der Waals surface area contributed by atoms with Gasteiger partial charge in [0.1, 0.15) is 0 Å². The Balaban J connectivity index is 2.00. The van der Waals surface area contributed by atoms with Gasteiger partial charge in [-0.25, -0.2) is 8.42 Å². The van der Waals surface area contributed by atoms with E-state index < -0.39 is 10.0 Å². The predicted octanol–water partition coefficient (Wildman–Crippen LogP) is 4.34. The van der Waals surface area contributed by atoms with E-state index in [1.165, 1.54) is 16.1 Å². The van der Waals surface area contributed by atoms with Crippen LogP contribution in [0.2, 0.25) is 0 Å². The molecule has 2 rings (SSSR count). The van der Waals surface area contributed by atoms with E-state index in [1.807, 2.05) is 65.0 Å². The number of rotatable bonds is 8. The van der Waals surface area contributed by atoms with E-state index in [9.17, 15) is 13.2 Å². The van der Waals surface area contributed by atoms with Gasteiger partial charge in [-0.15, -0.1) is 0 Å². The minimum atomic E-state index is -3.43. The van der Waals surface area contributed by atoms with Crippen LogP contribution in [0.1, 0.15) is 53.6 Å². The van der Waals surface area contributed by atoms with Crippen molar-refractivity contribution >= 4 is 21.6 Å². The molecule has 1 atom stereocenters. The van der Waals surface area contributed by atoms with Crippen LogP contribution in [-0.2, 0) is 14.8 Å². The van der Waals surface area contributed by atoms with E-state index in [-0.39, 0.29) is 24.9 Å². The van der Waals surface area contributed by atoms with Crippen molar-refractivity contribution in [3.05, 3.63) is 64.2 Å². The number of carbonyl (C=O) groups excluding carboxylic acids is 1. The first-order chi connectivity index (χ1) is 13.5. The third-order valence-corrected chi connectivity index (χ3v) is 6.25. The molecule has 0 spiro atoms. The smallest absolute Gasteiger partial charge is 0.232 e. The van der Waals surface area contributed by atoms with Gasteiger partial charge >= 0.3 is 0 Å². The van der Waals surface area contributed by atoms with Crippen molar-refractivity contribution in [2.45, 2.75) is 53.5 Å². The van der Waals surface area contributed by atoms with Crippen LogP contribution < -0.4 is 9.62 Å². The SMILES string of the molecule is Cc1ccc([C@H](C)NC(=O)CCCN(c2cc(C)ccc2C)S(C)(=O)=O)c(C)c1. The van der Waals surface area contributed by atoms with Gasteiger partial charge in [0.2, 0.25) is 15.9 Å². The lowest BCUT2D eigenvalue weighted by atomic mass is 10.00. The minimum Gasteiger partial charge on any atom is -0.350 e. The van der Waals surface area contributed by atoms with Crippen molar-refractivity contribution in [2.24, 2.45) is 0 Å². The summed E-state index contributed by atoms with van der Waals surface area (Å²) in [5.41, 5.74) is 6.01. The topological polar surface area (TPSA) is 66.5 Å². The number of hydrogen-bond donors (Lipinski definition) is 1. The first-order valence-corrected chi connectivity index (χ1v) is 11.8. The number of benzene rings is 2. The van der Waals surface area contributed by atoms with Gasteiger partial charge in [0.25, 0.3) is 0 Å². The Hall–Kier alpha value is -2.34. The van der Waals surface area contributed by atoms with Crippen molar-refractivity contribution in [1.29, 1.82) is 0 Å². The molecular weight excluding hydrogens is 384 g/mol. The molecule has 1 N–H and O–H groups in total. The zero-order valence-corrected chi connectivity index (χ0v) is 19.1. The van der Waals surface area contributed by atoms with Gasteiger partial charge in [0, 0.05) is 13.0 Å². The van der Waals surface area contributed by atoms with Crippen molar-refractivity contribution < 1.29 is 13.2 Å². The minimum absolute atomic E-state index is 0.0770. The van der Waals surface area contributed by atoms with E-state index in [1.54, 1.807) is 0 Å². The van der Waals surface area contributed by atoms with Gasteiger partial charge in [0.15, 0.2) is 0 Å². The summed E-state index contributed by atoms with van der Waals surface area (Å²) in [6.45, 7) is 10.2. The quantitative estimate of drug-likeness (QED) is 0.696. The van der Waals surface area contributed by atoms with E-state index in [4.69, 9.17) is 0 Å². The predicted molar refractivity (Wildman–Crippen MR) is 120 cm³/mol. The molecule has 0 radical (unpaired) electrons. The number of sulfonamides is 1. The molecule has 6 heteroatoms. The third kappa shape index (κ3) is 6.32. The fraction of sp³-hybridized carbons (Fsp3) is 0.435. The highest BCUT2D eigenvalue weighted by Gasteiger charge is 2.20. The molecule has 5 nitrogen and oxygen atoms in total. The Morgan fingerprint density at radius 1 is 1.00 bits per heavy atom. The van der Waals surface area contributed by atoms with Crippen molar-refractivity contribution in [1.82, 2.24) is 5.32 Å². The van der Waals surface area contributed by atoms with Crippen LogP contribution in [0.3, 0.4) is 0 Å². The molecule has 158 valence electrons. The van der Waals surface area contributed by atoms with E-state index in [0.29, 0.717) is 12.1 Å². The summed E-state index contributed by atoms with van der Waals surface area (Å²) in [5.74, 6) is -0.0770. The Labute approximate surface area is 175 Å². The Morgan fingerprint density at radius 3 is 2.24 bits per heavy atom. The Morgan fingerprint density at radius 2 is 1.62 bits per heavy atom. The molecule has 0 unspecified atom stereocenters. The second kappa shape index (κ2) is 9.44. The summed E-state index contributed by atoms with van der Waals surface area (Å²) in [6, 6.07) is 11.8. The highest BCUT2D eigenvalue weighted by Crippen LogP contribution is 2.24. The molecule has 2 aromatic carbocycles. The normalized spacial score (nSPS) is 12.5. The van der Waals surface area contributed by atoms with Gasteiger partial charge in [0.05, 0.1) is 18.0 Å². The number of amides is 1. The average molecular weight is 417 g/mol. The van der Waals surface area contributed by atoms with Gasteiger partial charge in [-0.3, -0.25) is 9.10 Å². The molecule has 1 amide bonds. The monoisotopic (exact) mass is 416 g/mol. The number of nitrogens with one attached hydrogen (secondary N) is 1. The highest BCUT2D eigenvalue weighted by molar-refractivity contribution is 7.92. The first-order valence-electron chi connectivity index (χ1n) is 9.90. The maximum absolute atomic E-state index is 12.4. The fourth-order valence-electron chi connectivity index (χ4n) is 3.54. The van der Waals surface area contributed by atoms with E-state index in [0.717, 1.165) is 22.3 Å². The Kier molecular flexibility index (Phi) is 7.47. The summed E-state index contributed by atoms with van der Waals surface area (Å²) >= 11 is 0. The number of anilines is 1. The molecule has 0 aliphatic heterocycles. The van der Waals surface area contributed by atoms with Crippen molar-refractivity contribution in [3.8, 4) is 0 Å². The lowest BCUT2D eigenvalue weighted by Crippen LogP contribution is -2.33. The molecule has 0 bridgehead atoms.